The molecule has 0 aliphatic carbocycles. The highest BCUT2D eigenvalue weighted by Gasteiger charge is 2.45. The standard InChI is InChI=1S/C11H21BN2O3/c12-6-2-1-5-11(13,10(16)17)9(15)8-4-3-7-14-8/h8-9,14-15H,1-7,13H2,(H,16,17)/t8-,9-,11-/m1/s1. The Balaban J connectivity index is 2.64. The van der Waals surface area contributed by atoms with Gasteiger partial charge in [0.2, 0.25) is 0 Å². The molecule has 0 aromatic rings. The van der Waals surface area contributed by atoms with E-state index in [1.165, 1.54) is 0 Å². The Kier molecular flexibility index (Phi) is 5.43. The van der Waals surface area contributed by atoms with E-state index >= 15 is 0 Å². The fourth-order valence-electron chi connectivity index (χ4n) is 2.28. The molecule has 0 aromatic heterocycles. The maximum absolute atomic E-state index is 11.3. The van der Waals surface area contributed by atoms with Gasteiger partial charge in [-0.05, 0) is 25.8 Å². The van der Waals surface area contributed by atoms with E-state index in [1.54, 1.807) is 0 Å². The largest absolute Gasteiger partial charge is 0.480 e. The van der Waals surface area contributed by atoms with Crippen molar-refractivity contribution in [2.45, 2.75) is 56.1 Å². The first kappa shape index (κ1) is 14.5. The van der Waals surface area contributed by atoms with Crippen molar-refractivity contribution in [2.75, 3.05) is 6.54 Å². The van der Waals surface area contributed by atoms with Crippen LogP contribution >= 0.6 is 0 Å². The summed E-state index contributed by atoms with van der Waals surface area (Å²) < 4.78 is 0. The summed E-state index contributed by atoms with van der Waals surface area (Å²) in [5, 5.41) is 22.4. The lowest BCUT2D eigenvalue weighted by atomic mass is 9.82. The summed E-state index contributed by atoms with van der Waals surface area (Å²) in [6.07, 6.45) is 2.75. The minimum Gasteiger partial charge on any atom is -0.480 e. The van der Waals surface area contributed by atoms with Gasteiger partial charge in [0.05, 0.1) is 14.0 Å². The van der Waals surface area contributed by atoms with Crippen LogP contribution in [0.1, 0.15) is 32.1 Å². The topological polar surface area (TPSA) is 95.6 Å². The van der Waals surface area contributed by atoms with Gasteiger partial charge in [0.1, 0.15) is 5.54 Å². The Morgan fingerprint density at radius 2 is 2.29 bits per heavy atom. The van der Waals surface area contributed by atoms with Crippen LogP contribution in [-0.4, -0.2) is 48.3 Å². The number of aliphatic hydroxyl groups is 1. The molecule has 0 bridgehead atoms. The molecule has 5 N–H and O–H groups in total. The van der Waals surface area contributed by atoms with Crippen molar-refractivity contribution in [3.8, 4) is 0 Å². The summed E-state index contributed by atoms with van der Waals surface area (Å²) in [4.78, 5) is 11.3. The van der Waals surface area contributed by atoms with E-state index in [0.717, 1.165) is 25.8 Å². The number of hydrogen-bond donors (Lipinski definition) is 4. The van der Waals surface area contributed by atoms with Gasteiger partial charge in [-0.1, -0.05) is 19.2 Å². The van der Waals surface area contributed by atoms with Crippen molar-refractivity contribution < 1.29 is 15.0 Å². The van der Waals surface area contributed by atoms with E-state index < -0.39 is 17.6 Å². The van der Waals surface area contributed by atoms with Crippen LogP contribution in [0.2, 0.25) is 6.32 Å². The van der Waals surface area contributed by atoms with Crippen molar-refractivity contribution >= 4 is 13.8 Å². The molecule has 0 saturated carbocycles. The van der Waals surface area contributed by atoms with E-state index in [-0.39, 0.29) is 12.5 Å². The number of carboxylic acids is 1. The molecule has 1 fully saturated rings. The molecule has 2 radical (unpaired) electrons. The molecular formula is C11H21BN2O3. The predicted octanol–water partition coefficient (Wildman–Crippen LogP) is -0.361. The maximum atomic E-state index is 11.3. The highest BCUT2D eigenvalue weighted by Crippen LogP contribution is 2.23. The number of rotatable bonds is 7. The van der Waals surface area contributed by atoms with Crippen molar-refractivity contribution in [3.63, 3.8) is 0 Å². The number of unbranched alkanes of at least 4 members (excludes halogenated alkanes) is 1. The molecule has 0 amide bonds. The van der Waals surface area contributed by atoms with Gasteiger partial charge in [0, 0.05) is 6.04 Å². The second-order valence-electron chi connectivity index (χ2n) is 4.74. The molecule has 1 rings (SSSR count). The molecule has 17 heavy (non-hydrogen) atoms. The fraction of sp³-hybridized carbons (Fsp3) is 0.909. The molecule has 5 nitrogen and oxygen atoms in total. The number of carboxylic acid groups (broad SMARTS) is 1. The zero-order chi connectivity index (χ0) is 12.9. The quantitative estimate of drug-likeness (QED) is 0.360. The Labute approximate surface area is 103 Å². The number of nitrogens with two attached hydrogens (primary N) is 1. The zero-order valence-corrected chi connectivity index (χ0v) is 10.1. The van der Waals surface area contributed by atoms with Gasteiger partial charge in [0.15, 0.2) is 0 Å². The van der Waals surface area contributed by atoms with Crippen molar-refractivity contribution in [3.05, 3.63) is 0 Å². The number of nitrogens with one attached hydrogen (secondary N) is 1. The van der Waals surface area contributed by atoms with Crippen molar-refractivity contribution in [1.29, 1.82) is 0 Å². The molecule has 6 heteroatoms. The van der Waals surface area contributed by atoms with Crippen LogP contribution in [0.5, 0.6) is 0 Å². The second kappa shape index (κ2) is 6.38. The third-order valence-electron chi connectivity index (χ3n) is 3.45. The monoisotopic (exact) mass is 240 g/mol. The first-order chi connectivity index (χ1) is 8.02. The summed E-state index contributed by atoms with van der Waals surface area (Å²) in [7, 11) is 5.37. The molecule has 0 spiro atoms. The van der Waals surface area contributed by atoms with Crippen LogP contribution in [0.3, 0.4) is 0 Å². The first-order valence-electron chi connectivity index (χ1n) is 6.16. The molecule has 0 aromatic carbocycles. The normalized spacial score (nSPS) is 25.4. The van der Waals surface area contributed by atoms with E-state index in [9.17, 15) is 15.0 Å². The Hall–Kier alpha value is -0.585. The Morgan fingerprint density at radius 3 is 2.76 bits per heavy atom. The number of aliphatic hydroxyl groups excluding tert-OH is 1. The van der Waals surface area contributed by atoms with Gasteiger partial charge in [0.25, 0.3) is 0 Å². The molecule has 96 valence electrons. The molecule has 1 heterocycles. The van der Waals surface area contributed by atoms with E-state index in [1.807, 2.05) is 0 Å². The van der Waals surface area contributed by atoms with Gasteiger partial charge < -0.3 is 21.3 Å². The predicted molar refractivity (Wildman–Crippen MR) is 66.0 cm³/mol. The molecule has 1 saturated heterocycles. The molecular weight excluding hydrogens is 219 g/mol. The average Bonchev–Trinajstić information content (AvgIpc) is 2.81. The van der Waals surface area contributed by atoms with Crippen molar-refractivity contribution in [2.24, 2.45) is 5.73 Å². The molecule has 3 atom stereocenters. The number of hydrogen-bond acceptors (Lipinski definition) is 4. The van der Waals surface area contributed by atoms with Gasteiger partial charge in [-0.25, -0.2) is 0 Å². The second-order valence-corrected chi connectivity index (χ2v) is 4.74. The van der Waals surface area contributed by atoms with Crippen LogP contribution in [0.4, 0.5) is 0 Å². The van der Waals surface area contributed by atoms with Gasteiger partial charge >= 0.3 is 5.97 Å². The highest BCUT2D eigenvalue weighted by molar-refractivity contribution is 6.08. The lowest BCUT2D eigenvalue weighted by molar-refractivity contribution is -0.149. The van der Waals surface area contributed by atoms with Crippen LogP contribution in [0.25, 0.3) is 0 Å². The molecule has 1 aliphatic rings. The van der Waals surface area contributed by atoms with Crippen LogP contribution in [-0.2, 0) is 4.79 Å². The van der Waals surface area contributed by atoms with Gasteiger partial charge in [-0.3, -0.25) is 4.79 Å². The molecule has 0 unspecified atom stereocenters. The van der Waals surface area contributed by atoms with Crippen LogP contribution in [0, 0.1) is 0 Å². The lowest BCUT2D eigenvalue weighted by Gasteiger charge is -2.33. The first-order valence-corrected chi connectivity index (χ1v) is 6.16. The van der Waals surface area contributed by atoms with Gasteiger partial charge in [-0.15, -0.1) is 0 Å². The van der Waals surface area contributed by atoms with E-state index in [4.69, 9.17) is 13.6 Å². The third-order valence-corrected chi connectivity index (χ3v) is 3.45. The number of carbonyl (C=O) groups is 1. The third kappa shape index (κ3) is 3.44. The smallest absolute Gasteiger partial charge is 0.326 e. The fourth-order valence-corrected chi connectivity index (χ4v) is 2.28. The van der Waals surface area contributed by atoms with Crippen LogP contribution < -0.4 is 11.1 Å². The minimum atomic E-state index is -1.57. The number of aliphatic carboxylic acids is 1. The van der Waals surface area contributed by atoms with E-state index in [2.05, 4.69) is 5.32 Å². The summed E-state index contributed by atoms with van der Waals surface area (Å²) in [5.41, 5.74) is 4.30. The van der Waals surface area contributed by atoms with Gasteiger partial charge in [-0.2, -0.15) is 0 Å². The summed E-state index contributed by atoms with van der Waals surface area (Å²) in [6.45, 7) is 0.806. The summed E-state index contributed by atoms with van der Waals surface area (Å²) in [5.74, 6) is -1.14. The maximum Gasteiger partial charge on any atom is 0.326 e. The van der Waals surface area contributed by atoms with Crippen molar-refractivity contribution in [1.82, 2.24) is 5.32 Å². The Bertz CT molecular complexity index is 259. The highest BCUT2D eigenvalue weighted by atomic mass is 16.4. The van der Waals surface area contributed by atoms with E-state index in [0.29, 0.717) is 12.7 Å². The van der Waals surface area contributed by atoms with Crippen LogP contribution in [0.15, 0.2) is 0 Å². The Morgan fingerprint density at radius 1 is 1.59 bits per heavy atom. The average molecular weight is 240 g/mol. The summed E-state index contributed by atoms with van der Waals surface area (Å²) in [6, 6.07) is -0.214. The summed E-state index contributed by atoms with van der Waals surface area (Å²) >= 11 is 0. The SMILES string of the molecule is [B]CCCC[C@](N)(C(=O)O)[C@H](O)[C@H]1CCCN1. The lowest BCUT2D eigenvalue weighted by Crippen LogP contribution is -2.62. The minimum absolute atomic E-state index is 0.214. The molecule has 1 aliphatic heterocycles. The zero-order valence-electron chi connectivity index (χ0n) is 10.1.